The molecule has 0 atom stereocenters. The van der Waals surface area contributed by atoms with E-state index < -0.39 is 0 Å². The molecule has 5 nitrogen and oxygen atoms in total. The predicted molar refractivity (Wildman–Crippen MR) is 68.2 cm³/mol. The summed E-state index contributed by atoms with van der Waals surface area (Å²) in [6.45, 7) is 0.804. The van der Waals surface area contributed by atoms with E-state index in [1.165, 1.54) is 0 Å². The Morgan fingerprint density at radius 1 is 1.47 bits per heavy atom. The molecule has 90 valence electrons. The lowest BCUT2D eigenvalue weighted by atomic mass is 10.2. The average Bonchev–Trinajstić information content (AvgIpc) is 2.84. The van der Waals surface area contributed by atoms with Crippen LogP contribution in [0, 0.1) is 0 Å². The van der Waals surface area contributed by atoms with Gasteiger partial charge in [0.25, 0.3) is 0 Å². The zero-order valence-corrected chi connectivity index (χ0v) is 9.73. The van der Waals surface area contributed by atoms with Gasteiger partial charge in [0.1, 0.15) is 5.75 Å². The number of rotatable bonds is 5. The van der Waals surface area contributed by atoms with Crippen LogP contribution >= 0.6 is 0 Å². The van der Waals surface area contributed by atoms with Crippen LogP contribution in [0.1, 0.15) is 5.69 Å². The summed E-state index contributed by atoms with van der Waals surface area (Å²) in [5.74, 6) is 0.765. The van der Waals surface area contributed by atoms with E-state index in [1.807, 2.05) is 18.3 Å². The summed E-state index contributed by atoms with van der Waals surface area (Å²) in [5, 5.41) is 3.27. The minimum absolute atomic E-state index is 0.689. The summed E-state index contributed by atoms with van der Waals surface area (Å²) in [7, 11) is 1.63. The number of benzene rings is 1. The Morgan fingerprint density at radius 2 is 2.35 bits per heavy atom. The van der Waals surface area contributed by atoms with Crippen molar-refractivity contribution in [2.24, 2.45) is 0 Å². The number of hydrogen-bond donors (Lipinski definition) is 3. The van der Waals surface area contributed by atoms with E-state index in [-0.39, 0.29) is 0 Å². The number of nitrogens with two attached hydrogens (primary N) is 1. The van der Waals surface area contributed by atoms with Crippen molar-refractivity contribution in [3.63, 3.8) is 0 Å². The van der Waals surface area contributed by atoms with Crippen LogP contribution in [0.2, 0.25) is 0 Å². The van der Waals surface area contributed by atoms with Crippen LogP contribution in [0.5, 0.6) is 5.75 Å². The zero-order valence-electron chi connectivity index (χ0n) is 9.73. The van der Waals surface area contributed by atoms with E-state index >= 15 is 0 Å². The van der Waals surface area contributed by atoms with Crippen LogP contribution in [0.4, 0.5) is 11.4 Å². The first-order valence-electron chi connectivity index (χ1n) is 5.44. The molecule has 0 aliphatic rings. The fourth-order valence-electron chi connectivity index (χ4n) is 1.58. The second-order valence-electron chi connectivity index (χ2n) is 3.71. The third-order valence-corrected chi connectivity index (χ3v) is 2.52. The number of imidazole rings is 1. The van der Waals surface area contributed by atoms with Crippen LogP contribution < -0.4 is 15.8 Å². The Labute approximate surface area is 100 Å². The molecule has 0 bridgehead atoms. The van der Waals surface area contributed by atoms with Crippen LogP contribution in [0.3, 0.4) is 0 Å². The van der Waals surface area contributed by atoms with Gasteiger partial charge in [-0.1, -0.05) is 0 Å². The molecule has 0 amide bonds. The number of ether oxygens (including phenoxy) is 1. The molecule has 1 aromatic carbocycles. The molecule has 0 aliphatic heterocycles. The van der Waals surface area contributed by atoms with E-state index in [0.717, 1.165) is 30.1 Å². The molecule has 0 spiro atoms. The van der Waals surface area contributed by atoms with Crippen LogP contribution in [-0.4, -0.2) is 23.6 Å². The number of nitrogen functional groups attached to an aromatic ring is 1. The van der Waals surface area contributed by atoms with Gasteiger partial charge in [0, 0.05) is 30.9 Å². The highest BCUT2D eigenvalue weighted by molar-refractivity contribution is 5.68. The molecule has 2 aromatic rings. The molecule has 0 radical (unpaired) electrons. The van der Waals surface area contributed by atoms with E-state index in [9.17, 15) is 0 Å². The summed E-state index contributed by atoms with van der Waals surface area (Å²) in [5.41, 5.74) is 8.61. The Bertz CT molecular complexity index is 467. The van der Waals surface area contributed by atoms with E-state index in [0.29, 0.717) is 5.69 Å². The normalized spacial score (nSPS) is 10.2. The molecule has 2 rings (SSSR count). The Morgan fingerprint density at radius 3 is 3.00 bits per heavy atom. The fraction of sp³-hybridized carbons (Fsp3) is 0.250. The third-order valence-electron chi connectivity index (χ3n) is 2.52. The van der Waals surface area contributed by atoms with E-state index in [1.54, 1.807) is 19.5 Å². The third kappa shape index (κ3) is 2.90. The fourth-order valence-corrected chi connectivity index (χ4v) is 1.58. The standard InChI is InChI=1S/C12H16N4O/c1-17-10-2-3-12(11(13)6-10)15-5-4-9-7-14-8-16-9/h2-3,6-8,15H,4-5,13H2,1H3,(H,14,16). The number of nitrogens with zero attached hydrogens (tertiary/aromatic N) is 1. The SMILES string of the molecule is COc1ccc(NCCc2cnc[nH]2)c(N)c1. The van der Waals surface area contributed by atoms with Crippen LogP contribution in [0.15, 0.2) is 30.7 Å². The number of H-pyrrole nitrogens is 1. The zero-order chi connectivity index (χ0) is 12.1. The number of anilines is 2. The topological polar surface area (TPSA) is 76.0 Å². The van der Waals surface area contributed by atoms with Gasteiger partial charge in [-0.15, -0.1) is 0 Å². The molecule has 5 heteroatoms. The minimum Gasteiger partial charge on any atom is -0.497 e. The van der Waals surface area contributed by atoms with Crippen molar-refractivity contribution in [2.75, 3.05) is 24.7 Å². The molecule has 4 N–H and O–H groups in total. The highest BCUT2D eigenvalue weighted by Gasteiger charge is 2.01. The molecular formula is C12H16N4O. The highest BCUT2D eigenvalue weighted by Crippen LogP contribution is 2.23. The van der Waals surface area contributed by atoms with Crippen LogP contribution in [-0.2, 0) is 6.42 Å². The quantitative estimate of drug-likeness (QED) is 0.685. The first kappa shape index (κ1) is 11.3. The Hall–Kier alpha value is -2.17. The van der Waals surface area contributed by atoms with Gasteiger partial charge in [0.15, 0.2) is 0 Å². The molecule has 0 aliphatic carbocycles. The largest absolute Gasteiger partial charge is 0.497 e. The van der Waals surface area contributed by atoms with Crippen LogP contribution in [0.25, 0.3) is 0 Å². The summed E-state index contributed by atoms with van der Waals surface area (Å²) in [4.78, 5) is 7.02. The van der Waals surface area contributed by atoms with Crippen molar-refractivity contribution in [1.29, 1.82) is 0 Å². The molecular weight excluding hydrogens is 216 g/mol. The number of aromatic nitrogens is 2. The van der Waals surface area contributed by atoms with Crippen molar-refractivity contribution in [2.45, 2.75) is 6.42 Å². The van der Waals surface area contributed by atoms with E-state index in [2.05, 4.69) is 15.3 Å². The molecule has 0 fully saturated rings. The molecule has 1 aromatic heterocycles. The Kier molecular flexibility index (Phi) is 3.49. The summed E-state index contributed by atoms with van der Waals surface area (Å²) in [6.07, 6.45) is 4.38. The highest BCUT2D eigenvalue weighted by atomic mass is 16.5. The molecule has 17 heavy (non-hydrogen) atoms. The first-order valence-corrected chi connectivity index (χ1v) is 5.44. The Balaban J connectivity index is 1.90. The first-order chi connectivity index (χ1) is 8.29. The van der Waals surface area contributed by atoms with Crippen molar-refractivity contribution in [1.82, 2.24) is 9.97 Å². The monoisotopic (exact) mass is 232 g/mol. The number of methoxy groups -OCH3 is 1. The summed E-state index contributed by atoms with van der Waals surface area (Å²) < 4.78 is 5.09. The maximum absolute atomic E-state index is 5.89. The molecule has 0 saturated carbocycles. The molecule has 0 saturated heterocycles. The molecule has 1 heterocycles. The second-order valence-corrected chi connectivity index (χ2v) is 3.71. The van der Waals surface area contributed by atoms with Crippen molar-refractivity contribution in [3.05, 3.63) is 36.4 Å². The van der Waals surface area contributed by atoms with Crippen molar-refractivity contribution < 1.29 is 4.74 Å². The number of aromatic amines is 1. The van der Waals surface area contributed by atoms with Gasteiger partial charge in [0.2, 0.25) is 0 Å². The lowest BCUT2D eigenvalue weighted by Gasteiger charge is -2.10. The minimum atomic E-state index is 0.689. The van der Waals surface area contributed by atoms with Gasteiger partial charge in [0.05, 0.1) is 24.8 Å². The smallest absolute Gasteiger partial charge is 0.121 e. The maximum atomic E-state index is 5.89. The van der Waals surface area contributed by atoms with E-state index in [4.69, 9.17) is 10.5 Å². The second kappa shape index (κ2) is 5.25. The van der Waals surface area contributed by atoms with Gasteiger partial charge >= 0.3 is 0 Å². The molecule has 0 unspecified atom stereocenters. The number of nitrogens with one attached hydrogen (secondary N) is 2. The van der Waals surface area contributed by atoms with Gasteiger partial charge in [-0.25, -0.2) is 4.98 Å². The lowest BCUT2D eigenvalue weighted by Crippen LogP contribution is -2.07. The average molecular weight is 232 g/mol. The van der Waals surface area contributed by atoms with Gasteiger partial charge in [-0.3, -0.25) is 0 Å². The summed E-state index contributed by atoms with van der Waals surface area (Å²) >= 11 is 0. The summed E-state index contributed by atoms with van der Waals surface area (Å²) in [6, 6.07) is 5.61. The number of hydrogen-bond acceptors (Lipinski definition) is 4. The predicted octanol–water partition coefficient (Wildman–Crippen LogP) is 1.66. The lowest BCUT2D eigenvalue weighted by molar-refractivity contribution is 0.415. The van der Waals surface area contributed by atoms with Gasteiger partial charge in [-0.05, 0) is 12.1 Å². The maximum Gasteiger partial charge on any atom is 0.121 e. The van der Waals surface area contributed by atoms with Crippen molar-refractivity contribution >= 4 is 11.4 Å². The van der Waals surface area contributed by atoms with Gasteiger partial charge < -0.3 is 20.8 Å². The van der Waals surface area contributed by atoms with Crippen molar-refractivity contribution in [3.8, 4) is 5.75 Å². The van der Waals surface area contributed by atoms with Gasteiger partial charge in [-0.2, -0.15) is 0 Å².